The van der Waals surface area contributed by atoms with E-state index in [1.807, 2.05) is 29.6 Å². The van der Waals surface area contributed by atoms with E-state index in [4.69, 9.17) is 4.74 Å². The molecule has 0 aliphatic rings. The minimum atomic E-state index is -0.549. The van der Waals surface area contributed by atoms with E-state index in [1.54, 1.807) is 18.3 Å². The first-order chi connectivity index (χ1) is 8.56. The molecule has 0 amide bonds. The smallest absolute Gasteiger partial charge is 0.125 e. The molecule has 0 bridgehead atoms. The predicted molar refractivity (Wildman–Crippen MR) is 81.1 cm³/mol. The van der Waals surface area contributed by atoms with Crippen LogP contribution in [0, 0.1) is 0 Å². The normalized spacial score (nSPS) is 12.4. The summed E-state index contributed by atoms with van der Waals surface area (Å²) >= 11 is 8.45. The van der Waals surface area contributed by atoms with Gasteiger partial charge in [0.25, 0.3) is 0 Å². The molecule has 2 aromatic rings. The summed E-state index contributed by atoms with van der Waals surface area (Å²) in [6, 6.07) is 7.69. The Bertz CT molecular complexity index is 538. The minimum Gasteiger partial charge on any atom is -0.488 e. The highest BCUT2D eigenvalue weighted by Gasteiger charge is 2.10. The first-order valence-electron chi connectivity index (χ1n) is 5.39. The van der Waals surface area contributed by atoms with E-state index >= 15 is 0 Å². The molecule has 1 N–H and O–H groups in total. The minimum absolute atomic E-state index is 0.512. The van der Waals surface area contributed by atoms with Gasteiger partial charge in [0.1, 0.15) is 12.4 Å². The standard InChI is InChI=1S/C13H12Br2O2S/c1-8(16)12-5-9(14)2-3-13(12)17-6-11-4-10(15)7-18-11/h2-5,7-8,16H,6H2,1H3/t8-/m1/s1. The third kappa shape index (κ3) is 3.57. The van der Waals surface area contributed by atoms with E-state index < -0.39 is 6.10 Å². The van der Waals surface area contributed by atoms with E-state index in [9.17, 15) is 5.11 Å². The van der Waals surface area contributed by atoms with Gasteiger partial charge in [-0.15, -0.1) is 11.3 Å². The Morgan fingerprint density at radius 1 is 1.28 bits per heavy atom. The second kappa shape index (κ2) is 6.19. The number of benzene rings is 1. The fraction of sp³-hybridized carbons (Fsp3) is 0.231. The number of aliphatic hydroxyl groups excluding tert-OH is 1. The van der Waals surface area contributed by atoms with Gasteiger partial charge in [-0.25, -0.2) is 0 Å². The average Bonchev–Trinajstić information content (AvgIpc) is 2.73. The molecule has 0 saturated heterocycles. The number of halogens is 2. The summed E-state index contributed by atoms with van der Waals surface area (Å²) in [7, 11) is 0. The SMILES string of the molecule is C[C@@H](O)c1cc(Br)ccc1OCc1cc(Br)cs1. The molecule has 2 rings (SSSR count). The van der Waals surface area contributed by atoms with Crippen molar-refractivity contribution in [3.8, 4) is 5.75 Å². The Morgan fingerprint density at radius 2 is 2.06 bits per heavy atom. The quantitative estimate of drug-likeness (QED) is 0.802. The molecular weight excluding hydrogens is 380 g/mol. The van der Waals surface area contributed by atoms with Gasteiger partial charge >= 0.3 is 0 Å². The van der Waals surface area contributed by atoms with Gasteiger partial charge in [-0.3, -0.25) is 0 Å². The zero-order valence-corrected chi connectivity index (χ0v) is 13.7. The predicted octanol–water partition coefficient (Wildman–Crippen LogP) is 4.91. The number of thiophene rings is 1. The van der Waals surface area contributed by atoms with Crippen LogP contribution >= 0.6 is 43.2 Å². The second-order valence-corrected chi connectivity index (χ2v) is 6.71. The average molecular weight is 392 g/mol. The van der Waals surface area contributed by atoms with Crippen molar-refractivity contribution in [2.45, 2.75) is 19.6 Å². The summed E-state index contributed by atoms with van der Waals surface area (Å²) in [4.78, 5) is 1.14. The molecule has 0 saturated carbocycles. The van der Waals surface area contributed by atoms with Crippen LogP contribution in [0.5, 0.6) is 5.75 Å². The number of rotatable bonds is 4. The summed E-state index contributed by atoms with van der Waals surface area (Å²) in [6.07, 6.45) is -0.549. The molecule has 1 heterocycles. The number of ether oxygens (including phenoxy) is 1. The fourth-order valence-electron chi connectivity index (χ4n) is 1.56. The number of hydrogen-bond acceptors (Lipinski definition) is 3. The van der Waals surface area contributed by atoms with E-state index in [1.165, 1.54) is 0 Å². The van der Waals surface area contributed by atoms with Crippen molar-refractivity contribution in [3.63, 3.8) is 0 Å². The highest BCUT2D eigenvalue weighted by molar-refractivity contribution is 9.10. The van der Waals surface area contributed by atoms with Crippen molar-refractivity contribution in [1.29, 1.82) is 0 Å². The lowest BCUT2D eigenvalue weighted by Crippen LogP contribution is -2.00. The Kier molecular flexibility index (Phi) is 4.84. The second-order valence-electron chi connectivity index (χ2n) is 3.88. The molecule has 0 spiro atoms. The van der Waals surface area contributed by atoms with Crippen molar-refractivity contribution < 1.29 is 9.84 Å². The zero-order valence-electron chi connectivity index (χ0n) is 9.69. The molecule has 0 radical (unpaired) electrons. The van der Waals surface area contributed by atoms with E-state index in [0.29, 0.717) is 6.61 Å². The van der Waals surface area contributed by atoms with Crippen LogP contribution < -0.4 is 4.74 Å². The van der Waals surface area contributed by atoms with Gasteiger partial charge in [0, 0.05) is 24.8 Å². The van der Waals surface area contributed by atoms with Gasteiger partial charge in [-0.05, 0) is 47.1 Å². The van der Waals surface area contributed by atoms with Gasteiger partial charge in [-0.1, -0.05) is 15.9 Å². The fourth-order valence-corrected chi connectivity index (χ4v) is 3.30. The number of aliphatic hydroxyl groups is 1. The molecular formula is C13H12Br2O2S. The van der Waals surface area contributed by atoms with Crippen LogP contribution in [-0.2, 0) is 6.61 Å². The first-order valence-corrected chi connectivity index (χ1v) is 7.86. The molecule has 1 aromatic heterocycles. The monoisotopic (exact) mass is 390 g/mol. The Labute approximate surface area is 127 Å². The summed E-state index contributed by atoms with van der Waals surface area (Å²) in [5.74, 6) is 0.720. The van der Waals surface area contributed by atoms with Crippen molar-refractivity contribution in [1.82, 2.24) is 0 Å². The van der Waals surface area contributed by atoms with Crippen LogP contribution in [0.1, 0.15) is 23.5 Å². The largest absolute Gasteiger partial charge is 0.488 e. The molecule has 0 aliphatic heterocycles. The highest BCUT2D eigenvalue weighted by Crippen LogP contribution is 2.30. The van der Waals surface area contributed by atoms with Crippen LogP contribution in [0.4, 0.5) is 0 Å². The third-order valence-electron chi connectivity index (χ3n) is 2.41. The third-order valence-corrected chi connectivity index (χ3v) is 4.58. The molecule has 2 nitrogen and oxygen atoms in total. The van der Waals surface area contributed by atoms with Crippen LogP contribution in [0.25, 0.3) is 0 Å². The molecule has 5 heteroatoms. The first kappa shape index (κ1) is 14.1. The lowest BCUT2D eigenvalue weighted by Gasteiger charge is -2.13. The Balaban J connectivity index is 2.13. The van der Waals surface area contributed by atoms with E-state index in [0.717, 1.165) is 25.1 Å². The zero-order chi connectivity index (χ0) is 13.1. The van der Waals surface area contributed by atoms with E-state index in [2.05, 4.69) is 31.9 Å². The Morgan fingerprint density at radius 3 is 2.67 bits per heavy atom. The van der Waals surface area contributed by atoms with Gasteiger partial charge in [0.05, 0.1) is 6.10 Å². The van der Waals surface area contributed by atoms with Crippen LogP contribution in [0.2, 0.25) is 0 Å². The lowest BCUT2D eigenvalue weighted by molar-refractivity contribution is 0.190. The van der Waals surface area contributed by atoms with Crippen molar-refractivity contribution in [2.24, 2.45) is 0 Å². The summed E-state index contributed by atoms with van der Waals surface area (Å²) in [6.45, 7) is 2.24. The van der Waals surface area contributed by atoms with Crippen molar-refractivity contribution >= 4 is 43.2 Å². The van der Waals surface area contributed by atoms with E-state index in [-0.39, 0.29) is 0 Å². The highest BCUT2D eigenvalue weighted by atomic mass is 79.9. The number of hydrogen-bond donors (Lipinski definition) is 1. The van der Waals surface area contributed by atoms with Crippen molar-refractivity contribution in [3.05, 3.63) is 49.0 Å². The topological polar surface area (TPSA) is 29.5 Å². The molecule has 1 aromatic carbocycles. The van der Waals surface area contributed by atoms with Gasteiger partial charge in [-0.2, -0.15) is 0 Å². The molecule has 1 atom stereocenters. The molecule has 0 unspecified atom stereocenters. The molecule has 18 heavy (non-hydrogen) atoms. The van der Waals surface area contributed by atoms with Crippen LogP contribution in [-0.4, -0.2) is 5.11 Å². The maximum atomic E-state index is 9.72. The lowest BCUT2D eigenvalue weighted by atomic mass is 10.1. The van der Waals surface area contributed by atoms with Crippen LogP contribution in [0.3, 0.4) is 0 Å². The van der Waals surface area contributed by atoms with Gasteiger partial charge in [0.2, 0.25) is 0 Å². The molecule has 96 valence electrons. The summed E-state index contributed by atoms with van der Waals surface area (Å²) in [5, 5.41) is 11.7. The van der Waals surface area contributed by atoms with Crippen LogP contribution in [0.15, 0.2) is 38.6 Å². The summed E-state index contributed by atoms with van der Waals surface area (Å²) < 4.78 is 7.76. The Hall–Kier alpha value is -0.360. The van der Waals surface area contributed by atoms with Gasteiger partial charge < -0.3 is 9.84 Å². The van der Waals surface area contributed by atoms with Gasteiger partial charge in [0.15, 0.2) is 0 Å². The maximum absolute atomic E-state index is 9.72. The maximum Gasteiger partial charge on any atom is 0.125 e. The van der Waals surface area contributed by atoms with Crippen molar-refractivity contribution in [2.75, 3.05) is 0 Å². The summed E-state index contributed by atoms with van der Waals surface area (Å²) in [5.41, 5.74) is 0.792. The molecule has 0 fully saturated rings. The molecule has 0 aliphatic carbocycles.